The summed E-state index contributed by atoms with van der Waals surface area (Å²) >= 11 is 0. The second kappa shape index (κ2) is 3.53. The van der Waals surface area contributed by atoms with E-state index in [1.54, 1.807) is 0 Å². The predicted molar refractivity (Wildman–Crippen MR) is 53.0 cm³/mol. The molecule has 0 aliphatic rings. The lowest BCUT2D eigenvalue weighted by Gasteiger charge is -2.06. The minimum absolute atomic E-state index is 0.359. The highest BCUT2D eigenvalue weighted by Gasteiger charge is 2.02. The number of hydrogen-bond donors (Lipinski definition) is 0. The van der Waals surface area contributed by atoms with E-state index in [-0.39, 0.29) is 8.80 Å². The Kier molecular flexibility index (Phi) is 2.66. The van der Waals surface area contributed by atoms with E-state index in [4.69, 9.17) is 0 Å². The third-order valence-electron chi connectivity index (χ3n) is 1.73. The Balaban J connectivity index is 2.86. The first-order valence-corrected chi connectivity index (χ1v) is 6.26. The average Bonchev–Trinajstić information content (AvgIpc) is 2.05. The Bertz CT molecular complexity index is 236. The van der Waals surface area contributed by atoms with Crippen LogP contribution in [0.15, 0.2) is 36.9 Å². The van der Waals surface area contributed by atoms with Crippen LogP contribution in [0.3, 0.4) is 0 Å². The van der Waals surface area contributed by atoms with Gasteiger partial charge in [0.25, 0.3) is 0 Å². The summed E-state index contributed by atoms with van der Waals surface area (Å²) in [5.41, 5.74) is 1.30. The smallest absolute Gasteiger partial charge is 0.0791 e. The molecule has 0 amide bonds. The van der Waals surface area contributed by atoms with Gasteiger partial charge in [-0.15, -0.1) is 0 Å². The fourth-order valence-electron chi connectivity index (χ4n) is 0.928. The molecule has 0 fully saturated rings. The molecular formula is C10H13Si. The first-order chi connectivity index (χ1) is 5.22. The van der Waals surface area contributed by atoms with Gasteiger partial charge in [0.15, 0.2) is 0 Å². The van der Waals surface area contributed by atoms with Gasteiger partial charge < -0.3 is 0 Å². The van der Waals surface area contributed by atoms with Gasteiger partial charge in [-0.3, -0.25) is 0 Å². The third kappa shape index (κ3) is 2.05. The number of hydrogen-bond acceptors (Lipinski definition) is 0. The first-order valence-electron chi connectivity index (χ1n) is 3.76. The lowest BCUT2D eigenvalue weighted by atomic mass is 10.2. The number of benzene rings is 1. The second-order valence-electron chi connectivity index (χ2n) is 2.84. The Morgan fingerprint density at radius 2 is 1.73 bits per heavy atom. The molecule has 1 heteroatoms. The largest absolute Gasteiger partial charge is 0.0995 e. The minimum atomic E-state index is -0.359. The molecular weight excluding hydrogens is 148 g/mol. The SMILES string of the molecule is C=C(c1ccccc1)[Si](C)C. The maximum absolute atomic E-state index is 4.07. The summed E-state index contributed by atoms with van der Waals surface area (Å²) in [6.07, 6.45) is 0. The molecule has 0 nitrogen and oxygen atoms in total. The molecule has 1 aromatic carbocycles. The molecule has 0 heterocycles. The lowest BCUT2D eigenvalue weighted by molar-refractivity contribution is 1.64. The van der Waals surface area contributed by atoms with Crippen molar-refractivity contribution < 1.29 is 0 Å². The highest BCUT2D eigenvalue weighted by molar-refractivity contribution is 6.76. The fourth-order valence-corrected chi connectivity index (χ4v) is 1.67. The lowest BCUT2D eigenvalue weighted by Crippen LogP contribution is -2.02. The Morgan fingerprint density at radius 1 is 1.18 bits per heavy atom. The van der Waals surface area contributed by atoms with Gasteiger partial charge in [-0.05, 0) is 5.56 Å². The van der Waals surface area contributed by atoms with Crippen molar-refractivity contribution >= 4 is 14.0 Å². The van der Waals surface area contributed by atoms with E-state index in [1.807, 2.05) is 6.07 Å². The Morgan fingerprint density at radius 3 is 2.18 bits per heavy atom. The fraction of sp³-hybridized carbons (Fsp3) is 0.200. The van der Waals surface area contributed by atoms with Crippen molar-refractivity contribution in [1.82, 2.24) is 0 Å². The van der Waals surface area contributed by atoms with E-state index in [2.05, 4.69) is 43.9 Å². The van der Waals surface area contributed by atoms with Crippen molar-refractivity contribution in [3.05, 3.63) is 42.5 Å². The van der Waals surface area contributed by atoms with E-state index < -0.39 is 0 Å². The van der Waals surface area contributed by atoms with E-state index in [0.717, 1.165) is 0 Å². The summed E-state index contributed by atoms with van der Waals surface area (Å²) < 4.78 is 0. The molecule has 0 saturated carbocycles. The summed E-state index contributed by atoms with van der Waals surface area (Å²) in [7, 11) is -0.359. The van der Waals surface area contributed by atoms with Gasteiger partial charge in [-0.2, -0.15) is 0 Å². The summed E-state index contributed by atoms with van der Waals surface area (Å²) in [6.45, 7) is 8.60. The summed E-state index contributed by atoms with van der Waals surface area (Å²) in [5, 5.41) is 1.32. The zero-order chi connectivity index (χ0) is 8.27. The van der Waals surface area contributed by atoms with Crippen LogP contribution < -0.4 is 0 Å². The molecule has 11 heavy (non-hydrogen) atoms. The summed E-state index contributed by atoms with van der Waals surface area (Å²) in [6, 6.07) is 10.4. The van der Waals surface area contributed by atoms with Crippen LogP contribution in [0.25, 0.3) is 5.20 Å². The molecule has 0 N–H and O–H groups in total. The maximum atomic E-state index is 4.07. The second-order valence-corrected chi connectivity index (χ2v) is 5.45. The average molecular weight is 161 g/mol. The predicted octanol–water partition coefficient (Wildman–Crippen LogP) is 2.99. The highest BCUT2D eigenvalue weighted by Crippen LogP contribution is 2.13. The van der Waals surface area contributed by atoms with E-state index in [9.17, 15) is 0 Å². The molecule has 1 aromatic rings. The quantitative estimate of drug-likeness (QED) is 0.585. The van der Waals surface area contributed by atoms with Crippen LogP contribution in [0.2, 0.25) is 13.1 Å². The standard InChI is InChI=1S/C10H13Si/c1-9(11(2)3)10-7-5-4-6-8-10/h4-8H,1H2,2-3H3. The number of rotatable bonds is 2. The molecule has 0 aromatic heterocycles. The van der Waals surface area contributed by atoms with Crippen LogP contribution in [0.5, 0.6) is 0 Å². The summed E-state index contributed by atoms with van der Waals surface area (Å²) in [5.74, 6) is 0. The van der Waals surface area contributed by atoms with Crippen molar-refractivity contribution in [2.24, 2.45) is 0 Å². The van der Waals surface area contributed by atoms with Crippen LogP contribution in [0.1, 0.15) is 5.56 Å². The zero-order valence-electron chi connectivity index (χ0n) is 7.09. The van der Waals surface area contributed by atoms with Gasteiger partial charge in [0.1, 0.15) is 0 Å². The molecule has 0 aliphatic heterocycles. The minimum Gasteiger partial charge on any atom is -0.0995 e. The van der Waals surface area contributed by atoms with Crippen molar-refractivity contribution in [3.8, 4) is 0 Å². The van der Waals surface area contributed by atoms with Crippen LogP contribution >= 0.6 is 0 Å². The molecule has 57 valence electrons. The monoisotopic (exact) mass is 161 g/mol. The Labute approximate surface area is 70.2 Å². The van der Waals surface area contributed by atoms with E-state index in [1.165, 1.54) is 10.8 Å². The van der Waals surface area contributed by atoms with Crippen molar-refractivity contribution in [2.45, 2.75) is 13.1 Å². The zero-order valence-corrected chi connectivity index (χ0v) is 8.09. The van der Waals surface area contributed by atoms with Crippen molar-refractivity contribution in [2.75, 3.05) is 0 Å². The molecule has 1 radical (unpaired) electrons. The van der Waals surface area contributed by atoms with Gasteiger partial charge in [-0.1, -0.05) is 55.2 Å². The van der Waals surface area contributed by atoms with E-state index in [0.29, 0.717) is 0 Å². The molecule has 0 aliphatic carbocycles. The summed E-state index contributed by atoms with van der Waals surface area (Å²) in [4.78, 5) is 0. The van der Waals surface area contributed by atoms with Crippen LogP contribution in [0, 0.1) is 0 Å². The molecule has 0 atom stereocenters. The van der Waals surface area contributed by atoms with Crippen LogP contribution in [-0.2, 0) is 0 Å². The molecule has 0 bridgehead atoms. The van der Waals surface area contributed by atoms with Crippen LogP contribution in [0.4, 0.5) is 0 Å². The molecule has 1 rings (SSSR count). The van der Waals surface area contributed by atoms with Crippen molar-refractivity contribution in [3.63, 3.8) is 0 Å². The topological polar surface area (TPSA) is 0 Å². The van der Waals surface area contributed by atoms with Crippen LogP contribution in [-0.4, -0.2) is 8.80 Å². The van der Waals surface area contributed by atoms with Gasteiger partial charge in [0.2, 0.25) is 0 Å². The first kappa shape index (κ1) is 8.28. The van der Waals surface area contributed by atoms with Gasteiger partial charge >= 0.3 is 0 Å². The third-order valence-corrected chi connectivity index (χ3v) is 3.22. The van der Waals surface area contributed by atoms with Crippen molar-refractivity contribution in [1.29, 1.82) is 0 Å². The molecule has 0 spiro atoms. The normalized spacial score (nSPS) is 10.1. The molecule has 0 saturated heterocycles. The molecule has 0 unspecified atom stereocenters. The van der Waals surface area contributed by atoms with Gasteiger partial charge in [0, 0.05) is 0 Å². The highest BCUT2D eigenvalue weighted by atomic mass is 28.3. The maximum Gasteiger partial charge on any atom is 0.0791 e. The van der Waals surface area contributed by atoms with E-state index >= 15 is 0 Å². The van der Waals surface area contributed by atoms with Gasteiger partial charge in [-0.25, -0.2) is 0 Å². The van der Waals surface area contributed by atoms with Gasteiger partial charge in [0.05, 0.1) is 8.80 Å². The Hall–Kier alpha value is -0.823.